The quantitative estimate of drug-likeness (QED) is 0.427. The van der Waals surface area contributed by atoms with Crippen LogP contribution >= 0.6 is 0 Å². The lowest BCUT2D eigenvalue weighted by Crippen LogP contribution is -2.30. The van der Waals surface area contributed by atoms with Crippen LogP contribution < -0.4 is 11.1 Å². The van der Waals surface area contributed by atoms with Crippen molar-refractivity contribution in [2.45, 2.75) is 37.8 Å². The molecule has 1 saturated heterocycles. The van der Waals surface area contributed by atoms with Crippen molar-refractivity contribution < 1.29 is 29.7 Å². The number of carboxylic acid groups (broad SMARTS) is 3. The molecule has 0 saturated carbocycles. The van der Waals surface area contributed by atoms with E-state index in [4.69, 9.17) is 21.1 Å². The molecule has 1 aliphatic heterocycles. The topological polar surface area (TPSA) is 150 Å². The molecule has 0 aromatic heterocycles. The Balaban J connectivity index is 0.000000327. The fraction of sp³-hybridized carbons (Fsp3) is 0.700. The van der Waals surface area contributed by atoms with Crippen LogP contribution in [0, 0.1) is 0 Å². The Bertz CT molecular complexity index is 301. The molecule has 0 aliphatic carbocycles. The predicted molar refractivity (Wildman–Crippen MR) is 61.1 cm³/mol. The first kappa shape index (κ1) is 16.3. The van der Waals surface area contributed by atoms with Crippen LogP contribution in [0.4, 0.5) is 0 Å². The first-order chi connectivity index (χ1) is 8.34. The fourth-order valence-corrected chi connectivity index (χ4v) is 1.30. The summed E-state index contributed by atoms with van der Waals surface area (Å²) in [5.41, 5.74) is 5.00. The average molecular weight is 262 g/mol. The molecule has 0 aromatic carbocycles. The molecular formula is C10H18N2O6. The summed E-state index contributed by atoms with van der Waals surface area (Å²) < 4.78 is 0. The third-order valence-corrected chi connectivity index (χ3v) is 2.34. The van der Waals surface area contributed by atoms with Gasteiger partial charge in [0, 0.05) is 6.42 Å². The molecule has 0 bridgehead atoms. The van der Waals surface area contributed by atoms with Crippen molar-refractivity contribution >= 4 is 17.9 Å². The van der Waals surface area contributed by atoms with Crippen molar-refractivity contribution in [3.05, 3.63) is 0 Å². The lowest BCUT2D eigenvalue weighted by atomic mass is 10.2. The molecule has 18 heavy (non-hydrogen) atoms. The van der Waals surface area contributed by atoms with Crippen molar-refractivity contribution in [1.29, 1.82) is 0 Å². The monoisotopic (exact) mass is 262 g/mol. The van der Waals surface area contributed by atoms with Gasteiger partial charge in [-0.2, -0.15) is 0 Å². The summed E-state index contributed by atoms with van der Waals surface area (Å²) in [5, 5.41) is 27.5. The Morgan fingerprint density at radius 3 is 2.17 bits per heavy atom. The molecule has 1 fully saturated rings. The van der Waals surface area contributed by atoms with E-state index in [1.165, 1.54) is 0 Å². The highest BCUT2D eigenvalue weighted by Gasteiger charge is 2.20. The lowest BCUT2D eigenvalue weighted by molar-refractivity contribution is -0.140. The van der Waals surface area contributed by atoms with Gasteiger partial charge in [0.15, 0.2) is 0 Å². The van der Waals surface area contributed by atoms with E-state index in [1.54, 1.807) is 0 Å². The van der Waals surface area contributed by atoms with Crippen molar-refractivity contribution in [3.8, 4) is 0 Å². The molecule has 2 atom stereocenters. The summed E-state index contributed by atoms with van der Waals surface area (Å²) in [4.78, 5) is 30.0. The zero-order chi connectivity index (χ0) is 14.1. The summed E-state index contributed by atoms with van der Waals surface area (Å²) >= 11 is 0. The standard InChI is InChI=1S/C5H9NO4.C5H9NO2/c6-3(5(9)10)1-2-4(7)8;7-5(8)4-2-1-3-6-4/h3H,1-2,6H2,(H,7,8)(H,9,10);4,6H,1-3H2,(H,7,8). The smallest absolute Gasteiger partial charge is 0.320 e. The number of hydrogen-bond acceptors (Lipinski definition) is 5. The van der Waals surface area contributed by atoms with Crippen molar-refractivity contribution in [2.24, 2.45) is 5.73 Å². The first-order valence-electron chi connectivity index (χ1n) is 5.51. The molecule has 0 radical (unpaired) electrons. The Hall–Kier alpha value is -1.67. The highest BCUT2D eigenvalue weighted by atomic mass is 16.4. The Kier molecular flexibility index (Phi) is 7.64. The van der Waals surface area contributed by atoms with Crippen LogP contribution in [0.2, 0.25) is 0 Å². The van der Waals surface area contributed by atoms with Gasteiger partial charge in [0.25, 0.3) is 0 Å². The van der Waals surface area contributed by atoms with Crippen molar-refractivity contribution in [3.63, 3.8) is 0 Å². The van der Waals surface area contributed by atoms with Gasteiger partial charge in [0.1, 0.15) is 12.1 Å². The minimum Gasteiger partial charge on any atom is -0.481 e. The van der Waals surface area contributed by atoms with Crippen LogP contribution in [0.1, 0.15) is 25.7 Å². The van der Waals surface area contributed by atoms with Crippen molar-refractivity contribution in [1.82, 2.24) is 5.32 Å². The van der Waals surface area contributed by atoms with E-state index in [9.17, 15) is 14.4 Å². The minimum atomic E-state index is -1.17. The number of hydrogen-bond donors (Lipinski definition) is 5. The Morgan fingerprint density at radius 1 is 1.28 bits per heavy atom. The molecular weight excluding hydrogens is 244 g/mol. The summed E-state index contributed by atoms with van der Waals surface area (Å²) in [6.45, 7) is 0.858. The van der Waals surface area contributed by atoms with Gasteiger partial charge in [-0.15, -0.1) is 0 Å². The van der Waals surface area contributed by atoms with Crippen molar-refractivity contribution in [2.75, 3.05) is 6.54 Å². The molecule has 2 unspecified atom stereocenters. The minimum absolute atomic E-state index is 0.0231. The summed E-state index contributed by atoms with van der Waals surface area (Å²) in [5.74, 6) is -2.92. The summed E-state index contributed by atoms with van der Waals surface area (Å²) in [7, 11) is 0. The van der Waals surface area contributed by atoms with Crippen LogP contribution in [0.25, 0.3) is 0 Å². The summed E-state index contributed by atoms with van der Waals surface area (Å²) in [6.07, 6.45) is 1.56. The molecule has 8 heteroatoms. The Morgan fingerprint density at radius 2 is 1.89 bits per heavy atom. The van der Waals surface area contributed by atoms with Gasteiger partial charge in [-0.25, -0.2) is 0 Å². The van der Waals surface area contributed by atoms with Gasteiger partial charge < -0.3 is 26.4 Å². The molecule has 1 aliphatic rings. The van der Waals surface area contributed by atoms with E-state index in [0.717, 1.165) is 19.4 Å². The molecule has 1 rings (SSSR count). The number of nitrogens with two attached hydrogens (primary N) is 1. The van der Waals surface area contributed by atoms with E-state index < -0.39 is 23.9 Å². The number of nitrogens with one attached hydrogen (secondary N) is 1. The molecule has 0 aromatic rings. The van der Waals surface area contributed by atoms with Crippen LogP contribution in [0.15, 0.2) is 0 Å². The first-order valence-corrected chi connectivity index (χ1v) is 5.51. The Labute approximate surface area is 104 Å². The van der Waals surface area contributed by atoms with E-state index in [2.05, 4.69) is 5.32 Å². The van der Waals surface area contributed by atoms with Gasteiger partial charge in [-0.3, -0.25) is 14.4 Å². The maximum atomic E-state index is 10.1. The van der Waals surface area contributed by atoms with Gasteiger partial charge >= 0.3 is 17.9 Å². The van der Waals surface area contributed by atoms with Crippen LogP contribution in [0.3, 0.4) is 0 Å². The molecule has 0 amide bonds. The largest absolute Gasteiger partial charge is 0.481 e. The zero-order valence-corrected chi connectivity index (χ0v) is 9.83. The van der Waals surface area contributed by atoms with Gasteiger partial charge in [-0.05, 0) is 25.8 Å². The summed E-state index contributed by atoms with van der Waals surface area (Å²) in [6, 6.07) is -1.33. The van der Waals surface area contributed by atoms with Crippen LogP contribution in [0.5, 0.6) is 0 Å². The van der Waals surface area contributed by atoms with E-state index in [1.807, 2.05) is 0 Å². The highest BCUT2D eigenvalue weighted by Crippen LogP contribution is 2.03. The number of carboxylic acids is 3. The van der Waals surface area contributed by atoms with Crippen LogP contribution in [-0.4, -0.2) is 51.9 Å². The predicted octanol–water partition coefficient (Wildman–Crippen LogP) is -0.914. The molecule has 0 spiro atoms. The van der Waals surface area contributed by atoms with E-state index in [-0.39, 0.29) is 18.9 Å². The second-order valence-electron chi connectivity index (χ2n) is 3.86. The molecule has 8 nitrogen and oxygen atoms in total. The highest BCUT2D eigenvalue weighted by molar-refractivity contribution is 5.74. The van der Waals surface area contributed by atoms with Gasteiger partial charge in [-0.1, -0.05) is 0 Å². The van der Waals surface area contributed by atoms with Gasteiger partial charge in [0.05, 0.1) is 0 Å². The normalized spacial score (nSPS) is 19.5. The third kappa shape index (κ3) is 7.58. The molecule has 104 valence electrons. The fourth-order valence-electron chi connectivity index (χ4n) is 1.30. The number of rotatable bonds is 5. The number of aliphatic carboxylic acids is 3. The number of carbonyl (C=O) groups is 3. The second kappa shape index (κ2) is 8.43. The third-order valence-electron chi connectivity index (χ3n) is 2.34. The van der Waals surface area contributed by atoms with E-state index >= 15 is 0 Å². The SMILES string of the molecule is NC(CCC(=O)O)C(=O)O.O=C(O)C1CCCN1. The second-order valence-corrected chi connectivity index (χ2v) is 3.86. The zero-order valence-electron chi connectivity index (χ0n) is 9.83. The molecule has 6 N–H and O–H groups in total. The lowest BCUT2D eigenvalue weighted by Gasteiger charge is -2.01. The van der Waals surface area contributed by atoms with E-state index in [0.29, 0.717) is 0 Å². The molecule has 1 heterocycles. The van der Waals surface area contributed by atoms with Gasteiger partial charge in [0.2, 0.25) is 0 Å². The average Bonchev–Trinajstić information content (AvgIpc) is 2.79. The van der Waals surface area contributed by atoms with Crippen LogP contribution in [-0.2, 0) is 14.4 Å². The maximum Gasteiger partial charge on any atom is 0.320 e. The maximum absolute atomic E-state index is 10.1.